The molecule has 1 aliphatic rings. The molecule has 19 heavy (non-hydrogen) atoms. The predicted molar refractivity (Wildman–Crippen MR) is 64.8 cm³/mol. The van der Waals surface area contributed by atoms with Gasteiger partial charge >= 0.3 is 6.18 Å². The molecule has 0 aliphatic carbocycles. The van der Waals surface area contributed by atoms with Gasteiger partial charge in [-0.15, -0.1) is 0 Å². The summed E-state index contributed by atoms with van der Waals surface area (Å²) in [5.74, 6) is 0. The van der Waals surface area contributed by atoms with Gasteiger partial charge in [-0.05, 0) is 25.0 Å². The van der Waals surface area contributed by atoms with Crippen molar-refractivity contribution in [1.82, 2.24) is 9.88 Å². The highest BCUT2D eigenvalue weighted by Gasteiger charge is 2.54. The molecular weight excluding hydrogens is 281 g/mol. The van der Waals surface area contributed by atoms with Gasteiger partial charge in [-0.25, -0.2) is 0 Å². The molecular formula is C12H14ClF3N2O. The van der Waals surface area contributed by atoms with E-state index < -0.39 is 11.8 Å². The first-order valence-corrected chi connectivity index (χ1v) is 6.30. The standard InChI is InChI=1S/C12H14ClF3N2O/c13-9-1-2-10(17-7-9)8-18-5-3-11(19,4-6-18)12(14,15)16/h1-2,7,19H,3-6,8H2. The Labute approximate surface area is 114 Å². The van der Waals surface area contributed by atoms with Crippen LogP contribution in [0.4, 0.5) is 13.2 Å². The Hall–Kier alpha value is -0.850. The normalized spacial score (nSPS) is 20.5. The zero-order chi connectivity index (χ0) is 14.1. The predicted octanol–water partition coefficient (Wildman–Crippen LogP) is 2.62. The molecule has 0 bridgehead atoms. The number of nitrogens with zero attached hydrogens (tertiary/aromatic N) is 2. The van der Waals surface area contributed by atoms with Crippen LogP contribution in [-0.2, 0) is 6.54 Å². The highest BCUT2D eigenvalue weighted by Crippen LogP contribution is 2.38. The number of aliphatic hydroxyl groups is 1. The van der Waals surface area contributed by atoms with E-state index in [4.69, 9.17) is 11.6 Å². The second-order valence-corrected chi connectivity index (χ2v) is 5.21. The Morgan fingerprint density at radius 1 is 1.32 bits per heavy atom. The molecule has 0 radical (unpaired) electrons. The number of alkyl halides is 3. The lowest BCUT2D eigenvalue weighted by Gasteiger charge is -2.38. The van der Waals surface area contributed by atoms with Crippen LogP contribution < -0.4 is 0 Å². The Bertz CT molecular complexity index is 428. The van der Waals surface area contributed by atoms with Crippen molar-refractivity contribution in [2.24, 2.45) is 0 Å². The van der Waals surface area contributed by atoms with Crippen molar-refractivity contribution in [1.29, 1.82) is 0 Å². The van der Waals surface area contributed by atoms with Gasteiger partial charge in [0.05, 0.1) is 10.7 Å². The van der Waals surface area contributed by atoms with E-state index >= 15 is 0 Å². The van der Waals surface area contributed by atoms with E-state index in [1.54, 1.807) is 12.1 Å². The summed E-state index contributed by atoms with van der Waals surface area (Å²) in [6.45, 7) is 0.853. The van der Waals surface area contributed by atoms with Crippen LogP contribution >= 0.6 is 11.6 Å². The number of halogens is 4. The number of hydrogen-bond acceptors (Lipinski definition) is 3. The lowest BCUT2D eigenvalue weighted by atomic mass is 9.91. The molecule has 1 saturated heterocycles. The fraction of sp³-hybridized carbons (Fsp3) is 0.583. The van der Waals surface area contributed by atoms with Crippen molar-refractivity contribution in [2.45, 2.75) is 31.2 Å². The number of hydrogen-bond donors (Lipinski definition) is 1. The van der Waals surface area contributed by atoms with Crippen LogP contribution in [0.3, 0.4) is 0 Å². The zero-order valence-electron chi connectivity index (χ0n) is 10.1. The average molecular weight is 295 g/mol. The SMILES string of the molecule is OC1(C(F)(F)F)CCN(Cc2ccc(Cl)cn2)CC1. The number of aromatic nitrogens is 1. The number of rotatable bonds is 2. The summed E-state index contributed by atoms with van der Waals surface area (Å²) in [4.78, 5) is 5.94. The Balaban J connectivity index is 1.92. The highest BCUT2D eigenvalue weighted by atomic mass is 35.5. The third-order valence-corrected chi connectivity index (χ3v) is 3.61. The highest BCUT2D eigenvalue weighted by molar-refractivity contribution is 6.30. The smallest absolute Gasteiger partial charge is 0.380 e. The minimum atomic E-state index is -4.56. The third-order valence-electron chi connectivity index (χ3n) is 3.39. The summed E-state index contributed by atoms with van der Waals surface area (Å²) in [7, 11) is 0. The molecule has 0 spiro atoms. The van der Waals surface area contributed by atoms with Crippen LogP contribution in [0.2, 0.25) is 5.02 Å². The molecule has 106 valence electrons. The molecule has 1 aromatic heterocycles. The monoisotopic (exact) mass is 294 g/mol. The number of pyridine rings is 1. The molecule has 1 aromatic rings. The van der Waals surface area contributed by atoms with Crippen molar-refractivity contribution in [2.75, 3.05) is 13.1 Å². The minimum absolute atomic E-state index is 0.195. The van der Waals surface area contributed by atoms with Gasteiger partial charge in [0.1, 0.15) is 0 Å². The van der Waals surface area contributed by atoms with E-state index in [9.17, 15) is 18.3 Å². The minimum Gasteiger partial charge on any atom is -0.380 e. The van der Waals surface area contributed by atoms with Crippen molar-refractivity contribution in [3.05, 3.63) is 29.0 Å². The second kappa shape index (κ2) is 5.26. The van der Waals surface area contributed by atoms with E-state index in [1.807, 2.05) is 4.90 Å². The topological polar surface area (TPSA) is 36.4 Å². The van der Waals surface area contributed by atoms with Crippen molar-refractivity contribution in [3.8, 4) is 0 Å². The molecule has 0 amide bonds. The van der Waals surface area contributed by atoms with Crippen LogP contribution in [0.15, 0.2) is 18.3 Å². The van der Waals surface area contributed by atoms with Crippen LogP contribution in [-0.4, -0.2) is 39.9 Å². The Kier molecular flexibility index (Phi) is 4.03. The molecule has 2 rings (SSSR count). The largest absolute Gasteiger partial charge is 0.417 e. The summed E-state index contributed by atoms with van der Waals surface area (Å²) in [6, 6.07) is 3.44. The van der Waals surface area contributed by atoms with Gasteiger partial charge in [0.2, 0.25) is 0 Å². The first-order valence-electron chi connectivity index (χ1n) is 5.92. The molecule has 1 N–H and O–H groups in total. The van der Waals surface area contributed by atoms with E-state index in [0.717, 1.165) is 5.69 Å². The quantitative estimate of drug-likeness (QED) is 0.911. The molecule has 0 saturated carbocycles. The Morgan fingerprint density at radius 2 is 1.95 bits per heavy atom. The van der Waals surface area contributed by atoms with Gasteiger partial charge < -0.3 is 5.11 Å². The van der Waals surface area contributed by atoms with Crippen molar-refractivity contribution >= 4 is 11.6 Å². The maximum absolute atomic E-state index is 12.6. The Morgan fingerprint density at radius 3 is 2.42 bits per heavy atom. The number of likely N-dealkylation sites (tertiary alicyclic amines) is 1. The molecule has 0 unspecified atom stereocenters. The summed E-state index contributed by atoms with van der Waals surface area (Å²) in [6.07, 6.45) is -3.65. The average Bonchev–Trinajstić information content (AvgIpc) is 2.34. The lowest BCUT2D eigenvalue weighted by Crippen LogP contribution is -2.53. The van der Waals surface area contributed by atoms with Crippen LogP contribution in [0, 0.1) is 0 Å². The molecule has 2 heterocycles. The van der Waals surface area contributed by atoms with Gasteiger partial charge in [0.25, 0.3) is 0 Å². The van der Waals surface area contributed by atoms with E-state index in [2.05, 4.69) is 4.98 Å². The fourth-order valence-corrected chi connectivity index (χ4v) is 2.21. The van der Waals surface area contributed by atoms with Crippen molar-refractivity contribution < 1.29 is 18.3 Å². The molecule has 1 fully saturated rings. The molecule has 1 aliphatic heterocycles. The summed E-state index contributed by atoms with van der Waals surface area (Å²) in [5, 5.41) is 10.1. The first-order chi connectivity index (χ1) is 8.80. The van der Waals surface area contributed by atoms with E-state index in [-0.39, 0.29) is 25.9 Å². The maximum atomic E-state index is 12.6. The van der Waals surface area contributed by atoms with E-state index in [0.29, 0.717) is 11.6 Å². The second-order valence-electron chi connectivity index (χ2n) is 4.77. The summed E-state index contributed by atoms with van der Waals surface area (Å²) >= 11 is 5.71. The molecule has 0 aromatic carbocycles. The zero-order valence-corrected chi connectivity index (χ0v) is 10.9. The van der Waals surface area contributed by atoms with Crippen molar-refractivity contribution in [3.63, 3.8) is 0 Å². The van der Waals surface area contributed by atoms with Crippen LogP contribution in [0.5, 0.6) is 0 Å². The van der Waals surface area contributed by atoms with E-state index in [1.165, 1.54) is 6.20 Å². The molecule has 7 heteroatoms. The molecule has 0 atom stereocenters. The van der Waals surface area contributed by atoms with Crippen LogP contribution in [0.1, 0.15) is 18.5 Å². The van der Waals surface area contributed by atoms with Gasteiger partial charge in [-0.3, -0.25) is 9.88 Å². The number of piperidine rings is 1. The lowest BCUT2D eigenvalue weighted by molar-refractivity contribution is -0.272. The van der Waals surface area contributed by atoms with Gasteiger partial charge in [0, 0.05) is 25.8 Å². The van der Waals surface area contributed by atoms with Gasteiger partial charge in [0.15, 0.2) is 5.60 Å². The third kappa shape index (κ3) is 3.38. The van der Waals surface area contributed by atoms with Gasteiger partial charge in [-0.1, -0.05) is 11.6 Å². The summed E-state index contributed by atoms with van der Waals surface area (Å²) in [5.41, 5.74) is -1.79. The summed E-state index contributed by atoms with van der Waals surface area (Å²) < 4.78 is 37.9. The van der Waals surface area contributed by atoms with Gasteiger partial charge in [-0.2, -0.15) is 13.2 Å². The first kappa shape index (κ1) is 14.6. The molecule has 3 nitrogen and oxygen atoms in total. The fourth-order valence-electron chi connectivity index (χ4n) is 2.09. The van der Waals surface area contributed by atoms with Crippen LogP contribution in [0.25, 0.3) is 0 Å². The maximum Gasteiger partial charge on any atom is 0.417 e.